The van der Waals surface area contributed by atoms with E-state index in [1.54, 1.807) is 24.5 Å². The van der Waals surface area contributed by atoms with Gasteiger partial charge in [-0.3, -0.25) is 14.7 Å². The van der Waals surface area contributed by atoms with Crippen molar-refractivity contribution in [2.45, 2.75) is 49.5 Å². The first kappa shape index (κ1) is 28.5. The molecule has 0 bridgehead atoms. The Labute approximate surface area is 262 Å². The number of nitrogens with zero attached hydrogens (tertiary/aromatic N) is 6. The molecule has 232 valence electrons. The second-order valence-corrected chi connectivity index (χ2v) is 13.0. The summed E-state index contributed by atoms with van der Waals surface area (Å²) in [7, 11) is 0. The predicted octanol–water partition coefficient (Wildman–Crippen LogP) is 5.87. The number of likely N-dealkylation sites (tertiary alicyclic amines) is 1. The standard InChI is InChI=1S/C33H30ClF3N6O2/c1-18(35)31(44)42-9-6-27-28(42)16-43(27)30-22-10-25(37)21(23-14-38-13-19-4-2-5-24(34)29(19)23)11-26(22)39-32(40-30)45-17-33-7-3-8-41(33)15-20(36)12-33/h2,4-5,10-11,13-14,20,27-28H,1,3,6-9,12,15-17H2/t20-,27-,28-,33-/m1/s1. The normalized spacial score (nSPS) is 25.9. The summed E-state index contributed by atoms with van der Waals surface area (Å²) in [6.45, 7) is 5.41. The van der Waals surface area contributed by atoms with E-state index in [1.165, 1.54) is 11.0 Å². The molecule has 4 aliphatic heterocycles. The smallest absolute Gasteiger partial charge is 0.319 e. The van der Waals surface area contributed by atoms with Gasteiger partial charge in [0.05, 0.1) is 23.1 Å². The number of carbonyl (C=O) groups excluding carboxylic acids is 1. The molecule has 4 aromatic rings. The molecular formula is C33H30ClF3N6O2. The van der Waals surface area contributed by atoms with Gasteiger partial charge in [0.15, 0.2) is 5.83 Å². The summed E-state index contributed by atoms with van der Waals surface area (Å²) in [6.07, 6.45) is 5.17. The zero-order valence-corrected chi connectivity index (χ0v) is 25.1. The summed E-state index contributed by atoms with van der Waals surface area (Å²) in [5, 5.41) is 2.41. The number of hydrogen-bond donors (Lipinski definition) is 0. The molecule has 0 saturated carbocycles. The molecule has 0 aliphatic carbocycles. The Bertz CT molecular complexity index is 1890. The molecule has 0 spiro atoms. The Hall–Kier alpha value is -3.96. The van der Waals surface area contributed by atoms with E-state index in [0.29, 0.717) is 65.2 Å². The van der Waals surface area contributed by atoms with E-state index in [-0.39, 0.29) is 30.3 Å². The van der Waals surface area contributed by atoms with E-state index in [1.807, 2.05) is 17.0 Å². The van der Waals surface area contributed by atoms with Crippen molar-refractivity contribution in [3.05, 3.63) is 66.0 Å². The van der Waals surface area contributed by atoms with E-state index < -0.39 is 29.3 Å². The second-order valence-electron chi connectivity index (χ2n) is 12.5. The van der Waals surface area contributed by atoms with Gasteiger partial charge in [-0.05, 0) is 44.0 Å². The summed E-state index contributed by atoms with van der Waals surface area (Å²) >= 11 is 6.57. The molecule has 4 atom stereocenters. The zero-order valence-electron chi connectivity index (χ0n) is 24.4. The molecule has 0 N–H and O–H groups in total. The van der Waals surface area contributed by atoms with Crippen LogP contribution < -0.4 is 9.64 Å². The quantitative estimate of drug-likeness (QED) is 0.246. The van der Waals surface area contributed by atoms with Crippen LogP contribution in [-0.4, -0.2) is 87.2 Å². The highest BCUT2D eigenvalue weighted by atomic mass is 35.5. The summed E-state index contributed by atoms with van der Waals surface area (Å²) in [4.78, 5) is 31.9. The monoisotopic (exact) mass is 634 g/mol. The number of aromatic nitrogens is 3. The highest BCUT2D eigenvalue weighted by Gasteiger charge is 2.51. The summed E-state index contributed by atoms with van der Waals surface area (Å²) in [5.41, 5.74) is 0.861. The third-order valence-corrected chi connectivity index (χ3v) is 10.4. The largest absolute Gasteiger partial charge is 0.461 e. The molecule has 1 amide bonds. The number of ether oxygens (including phenoxy) is 1. The average Bonchev–Trinajstić information content (AvgIpc) is 3.65. The first-order valence-electron chi connectivity index (χ1n) is 15.2. The van der Waals surface area contributed by atoms with Crippen molar-refractivity contribution in [3.63, 3.8) is 0 Å². The summed E-state index contributed by atoms with van der Waals surface area (Å²) in [6, 6.07) is 8.28. The number of alkyl halides is 1. The summed E-state index contributed by atoms with van der Waals surface area (Å²) in [5.74, 6) is -1.72. The van der Waals surface area contributed by atoms with Crippen molar-refractivity contribution in [1.82, 2.24) is 24.8 Å². The topological polar surface area (TPSA) is 74.7 Å². The van der Waals surface area contributed by atoms with Gasteiger partial charge in [-0.15, -0.1) is 0 Å². The number of hydrogen-bond acceptors (Lipinski definition) is 7. The van der Waals surface area contributed by atoms with Gasteiger partial charge >= 0.3 is 6.01 Å². The number of benzene rings is 2. The number of amides is 1. The van der Waals surface area contributed by atoms with Crippen LogP contribution in [0.5, 0.6) is 6.01 Å². The van der Waals surface area contributed by atoms with Crippen molar-refractivity contribution in [2.75, 3.05) is 37.7 Å². The highest BCUT2D eigenvalue weighted by Crippen LogP contribution is 2.43. The van der Waals surface area contributed by atoms with Gasteiger partial charge in [0.1, 0.15) is 24.4 Å². The molecule has 8 nitrogen and oxygen atoms in total. The third kappa shape index (κ3) is 4.53. The highest BCUT2D eigenvalue weighted by molar-refractivity contribution is 6.36. The van der Waals surface area contributed by atoms with Crippen LogP contribution in [0.4, 0.5) is 19.0 Å². The van der Waals surface area contributed by atoms with Gasteiger partial charge in [0.25, 0.3) is 5.91 Å². The van der Waals surface area contributed by atoms with Gasteiger partial charge < -0.3 is 14.5 Å². The number of carbonyl (C=O) groups is 1. The van der Waals surface area contributed by atoms with Crippen molar-refractivity contribution in [1.29, 1.82) is 0 Å². The molecular weight excluding hydrogens is 605 g/mol. The van der Waals surface area contributed by atoms with Crippen LogP contribution in [-0.2, 0) is 4.79 Å². The number of halogens is 4. The van der Waals surface area contributed by atoms with Crippen LogP contribution in [0.1, 0.15) is 25.7 Å². The fraction of sp³-hybridized carbons (Fsp3) is 0.394. The Balaban J connectivity index is 1.21. The lowest BCUT2D eigenvalue weighted by atomic mass is 9.95. The Kier molecular flexibility index (Phi) is 6.69. The van der Waals surface area contributed by atoms with Gasteiger partial charge in [0, 0.05) is 70.8 Å². The first-order valence-corrected chi connectivity index (χ1v) is 15.6. The predicted molar refractivity (Wildman–Crippen MR) is 165 cm³/mol. The Morgan fingerprint density at radius 3 is 2.84 bits per heavy atom. The maximum atomic E-state index is 16.1. The lowest BCUT2D eigenvalue weighted by molar-refractivity contribution is -0.130. The third-order valence-electron chi connectivity index (χ3n) is 10.1. The van der Waals surface area contributed by atoms with Crippen LogP contribution in [0.15, 0.2) is 55.1 Å². The lowest BCUT2D eigenvalue weighted by Gasteiger charge is -2.47. The van der Waals surface area contributed by atoms with Crippen molar-refractivity contribution < 1.29 is 22.7 Å². The van der Waals surface area contributed by atoms with Crippen LogP contribution in [0.2, 0.25) is 5.02 Å². The van der Waals surface area contributed by atoms with Gasteiger partial charge in [-0.1, -0.05) is 30.3 Å². The fourth-order valence-electron chi connectivity index (χ4n) is 7.91. The molecule has 45 heavy (non-hydrogen) atoms. The number of rotatable bonds is 6. The van der Waals surface area contributed by atoms with Crippen LogP contribution >= 0.6 is 11.6 Å². The molecule has 0 unspecified atom stereocenters. The minimum Gasteiger partial charge on any atom is -0.461 e. The van der Waals surface area contributed by atoms with E-state index in [9.17, 15) is 13.6 Å². The van der Waals surface area contributed by atoms with Gasteiger partial charge in [-0.2, -0.15) is 9.97 Å². The van der Waals surface area contributed by atoms with Crippen molar-refractivity contribution in [3.8, 4) is 17.1 Å². The summed E-state index contributed by atoms with van der Waals surface area (Å²) < 4.78 is 50.5. The minimum atomic E-state index is -0.988. The molecule has 4 aliphatic rings. The minimum absolute atomic E-state index is 0.110. The van der Waals surface area contributed by atoms with Crippen molar-refractivity contribution >= 4 is 45.0 Å². The Morgan fingerprint density at radius 1 is 1.13 bits per heavy atom. The fourth-order valence-corrected chi connectivity index (χ4v) is 8.20. The maximum absolute atomic E-state index is 16.1. The van der Waals surface area contributed by atoms with Crippen LogP contribution in [0.3, 0.4) is 0 Å². The molecule has 6 heterocycles. The number of pyridine rings is 1. The number of fused-ring (bicyclic) bond motifs is 4. The van der Waals surface area contributed by atoms with Gasteiger partial charge in [0.2, 0.25) is 0 Å². The Morgan fingerprint density at radius 2 is 2.00 bits per heavy atom. The van der Waals surface area contributed by atoms with E-state index >= 15 is 4.39 Å². The maximum Gasteiger partial charge on any atom is 0.319 e. The average molecular weight is 635 g/mol. The molecule has 12 heteroatoms. The molecule has 2 aromatic carbocycles. The first-order chi connectivity index (χ1) is 21.7. The zero-order chi connectivity index (χ0) is 31.0. The van der Waals surface area contributed by atoms with Gasteiger partial charge in [-0.25, -0.2) is 13.2 Å². The molecule has 2 aromatic heterocycles. The van der Waals surface area contributed by atoms with E-state index in [0.717, 1.165) is 24.8 Å². The molecule has 8 rings (SSSR count). The van der Waals surface area contributed by atoms with E-state index in [2.05, 4.69) is 16.5 Å². The van der Waals surface area contributed by atoms with E-state index in [4.69, 9.17) is 26.3 Å². The van der Waals surface area contributed by atoms with Crippen LogP contribution in [0, 0.1) is 5.82 Å². The molecule has 0 radical (unpaired) electrons. The second kappa shape index (κ2) is 10.6. The molecule has 4 saturated heterocycles. The van der Waals surface area contributed by atoms with Crippen molar-refractivity contribution in [2.24, 2.45) is 0 Å². The number of anilines is 1. The lowest BCUT2D eigenvalue weighted by Crippen LogP contribution is -2.63. The SMILES string of the molecule is C=C(F)C(=O)N1CC[C@@H]2[C@H]1CN2c1nc(OC[C@]23CCCN2C[C@H](F)C3)nc2cc(-c3cncc4cccc(Cl)c34)c(F)cc12. The molecule has 4 fully saturated rings. The van der Waals surface area contributed by atoms with Crippen LogP contribution in [0.25, 0.3) is 32.8 Å².